The highest BCUT2D eigenvalue weighted by Gasteiger charge is 2.15. The summed E-state index contributed by atoms with van der Waals surface area (Å²) in [5.74, 6) is -0.324. The van der Waals surface area contributed by atoms with Gasteiger partial charge >= 0.3 is 0 Å². The summed E-state index contributed by atoms with van der Waals surface area (Å²) in [7, 11) is 0. The summed E-state index contributed by atoms with van der Waals surface area (Å²) in [5, 5.41) is 3.33. The third-order valence-electron chi connectivity index (χ3n) is 3.75. The summed E-state index contributed by atoms with van der Waals surface area (Å²) < 4.78 is 24.7. The molecule has 0 unspecified atom stereocenters. The highest BCUT2D eigenvalue weighted by molar-refractivity contribution is 6.30. The highest BCUT2D eigenvalue weighted by Crippen LogP contribution is 2.26. The molecule has 0 saturated carbocycles. The molecule has 2 heterocycles. The maximum atomic E-state index is 13.7. The SMILES string of the molecule is C[C@@H](Oc1ccc(Oc2ncc(Cl)cc2F)cc1)C(=O)NCc1ccc(Cl)nc1. The van der Waals surface area contributed by atoms with Crippen molar-refractivity contribution in [2.75, 3.05) is 0 Å². The van der Waals surface area contributed by atoms with E-state index in [1.165, 1.54) is 6.20 Å². The summed E-state index contributed by atoms with van der Waals surface area (Å²) >= 11 is 11.4. The molecule has 3 aromatic rings. The van der Waals surface area contributed by atoms with Crippen LogP contribution in [-0.2, 0) is 11.3 Å². The van der Waals surface area contributed by atoms with Crippen molar-refractivity contribution in [1.82, 2.24) is 15.3 Å². The quantitative estimate of drug-likeness (QED) is 0.539. The third kappa shape index (κ3) is 6.04. The molecular weight excluding hydrogens is 420 g/mol. The Bertz CT molecular complexity index is 985. The van der Waals surface area contributed by atoms with Crippen molar-refractivity contribution in [3.8, 4) is 17.4 Å². The lowest BCUT2D eigenvalue weighted by atomic mass is 10.2. The van der Waals surface area contributed by atoms with Crippen LogP contribution in [0.25, 0.3) is 0 Å². The van der Waals surface area contributed by atoms with Crippen LogP contribution in [0.2, 0.25) is 10.2 Å². The number of nitrogens with one attached hydrogen (secondary N) is 1. The number of hydrogen-bond acceptors (Lipinski definition) is 5. The van der Waals surface area contributed by atoms with E-state index in [4.69, 9.17) is 32.7 Å². The molecule has 0 aliphatic rings. The minimum atomic E-state index is -0.725. The van der Waals surface area contributed by atoms with E-state index in [1.807, 2.05) is 0 Å². The molecule has 0 fully saturated rings. The fourth-order valence-electron chi connectivity index (χ4n) is 2.28. The Kier molecular flexibility index (Phi) is 6.85. The lowest BCUT2D eigenvalue weighted by molar-refractivity contribution is -0.127. The van der Waals surface area contributed by atoms with E-state index >= 15 is 0 Å². The van der Waals surface area contributed by atoms with Crippen LogP contribution in [0.5, 0.6) is 17.4 Å². The number of ether oxygens (including phenoxy) is 2. The van der Waals surface area contributed by atoms with Crippen LogP contribution in [0, 0.1) is 5.82 Å². The van der Waals surface area contributed by atoms with Crippen molar-refractivity contribution >= 4 is 29.1 Å². The van der Waals surface area contributed by atoms with Crippen molar-refractivity contribution in [1.29, 1.82) is 0 Å². The van der Waals surface area contributed by atoms with E-state index in [9.17, 15) is 9.18 Å². The minimum absolute atomic E-state index is 0.179. The van der Waals surface area contributed by atoms with Gasteiger partial charge in [0.15, 0.2) is 11.9 Å². The zero-order valence-corrected chi connectivity index (χ0v) is 16.7. The number of rotatable bonds is 7. The standard InChI is InChI=1S/C20H16Cl2FN3O3/c1-12(19(27)25-10-13-2-7-18(22)24-9-13)28-15-3-5-16(6-4-15)29-20-17(23)8-14(21)11-26-20/h2-9,11-12H,10H2,1H3,(H,25,27)/t12-/m1/s1. The first-order chi connectivity index (χ1) is 13.9. The number of amides is 1. The maximum absolute atomic E-state index is 13.7. The monoisotopic (exact) mass is 435 g/mol. The number of pyridine rings is 2. The normalized spacial score (nSPS) is 11.6. The molecule has 2 aromatic heterocycles. The fraction of sp³-hybridized carbons (Fsp3) is 0.150. The number of carbonyl (C=O) groups is 1. The summed E-state index contributed by atoms with van der Waals surface area (Å²) in [6, 6.07) is 10.9. The second-order valence-electron chi connectivity index (χ2n) is 5.98. The summed E-state index contributed by atoms with van der Waals surface area (Å²) in [6.45, 7) is 1.94. The van der Waals surface area contributed by atoms with E-state index in [1.54, 1.807) is 49.5 Å². The Morgan fingerprint density at radius 1 is 1.10 bits per heavy atom. The first kappa shape index (κ1) is 20.8. The molecule has 0 spiro atoms. The number of halogens is 3. The number of nitrogens with zero attached hydrogens (tertiary/aromatic N) is 2. The molecule has 6 nitrogen and oxygen atoms in total. The molecule has 1 atom stereocenters. The highest BCUT2D eigenvalue weighted by atomic mass is 35.5. The molecule has 9 heteroatoms. The maximum Gasteiger partial charge on any atom is 0.261 e. The second kappa shape index (κ2) is 9.54. The summed E-state index contributed by atoms with van der Waals surface area (Å²) in [4.78, 5) is 19.9. The van der Waals surface area contributed by atoms with Gasteiger partial charge in [-0.3, -0.25) is 4.79 Å². The van der Waals surface area contributed by atoms with Crippen molar-refractivity contribution in [2.45, 2.75) is 19.6 Å². The van der Waals surface area contributed by atoms with Gasteiger partial charge in [0, 0.05) is 18.9 Å². The van der Waals surface area contributed by atoms with Gasteiger partial charge in [-0.1, -0.05) is 29.3 Å². The van der Waals surface area contributed by atoms with Gasteiger partial charge < -0.3 is 14.8 Å². The van der Waals surface area contributed by atoms with Gasteiger partial charge in [-0.05, 0) is 48.9 Å². The average molecular weight is 436 g/mol. The Morgan fingerprint density at radius 3 is 2.48 bits per heavy atom. The third-order valence-corrected chi connectivity index (χ3v) is 4.18. The predicted molar refractivity (Wildman–Crippen MR) is 107 cm³/mol. The zero-order valence-electron chi connectivity index (χ0n) is 15.2. The largest absolute Gasteiger partial charge is 0.481 e. The molecule has 3 rings (SSSR count). The smallest absolute Gasteiger partial charge is 0.261 e. The van der Waals surface area contributed by atoms with Crippen molar-refractivity contribution in [3.63, 3.8) is 0 Å². The van der Waals surface area contributed by atoms with E-state index in [0.717, 1.165) is 11.6 Å². The lowest BCUT2D eigenvalue weighted by Crippen LogP contribution is -2.35. The van der Waals surface area contributed by atoms with Gasteiger partial charge in [0.25, 0.3) is 11.8 Å². The van der Waals surface area contributed by atoms with Gasteiger partial charge in [-0.2, -0.15) is 0 Å². The summed E-state index contributed by atoms with van der Waals surface area (Å²) in [6.07, 6.45) is 2.15. The van der Waals surface area contributed by atoms with Gasteiger partial charge in [0.05, 0.1) is 5.02 Å². The lowest BCUT2D eigenvalue weighted by Gasteiger charge is -2.15. The van der Waals surface area contributed by atoms with Crippen molar-refractivity contribution < 1.29 is 18.7 Å². The molecule has 1 N–H and O–H groups in total. The Labute approximate surface area is 176 Å². The van der Waals surface area contributed by atoms with Crippen LogP contribution in [0.1, 0.15) is 12.5 Å². The molecule has 1 aromatic carbocycles. The minimum Gasteiger partial charge on any atom is -0.481 e. The molecule has 29 heavy (non-hydrogen) atoms. The van der Waals surface area contributed by atoms with Crippen LogP contribution >= 0.6 is 23.2 Å². The van der Waals surface area contributed by atoms with E-state index in [2.05, 4.69) is 15.3 Å². The second-order valence-corrected chi connectivity index (χ2v) is 6.80. The van der Waals surface area contributed by atoms with E-state index in [0.29, 0.717) is 23.2 Å². The predicted octanol–water partition coefficient (Wildman–Crippen LogP) is 4.80. The first-order valence-corrected chi connectivity index (χ1v) is 9.30. The number of hydrogen-bond donors (Lipinski definition) is 1. The number of carbonyl (C=O) groups excluding carboxylic acids is 1. The molecule has 0 aliphatic heterocycles. The Hall–Kier alpha value is -2.90. The topological polar surface area (TPSA) is 73.3 Å². The zero-order chi connectivity index (χ0) is 20.8. The Balaban J connectivity index is 1.52. The molecule has 0 radical (unpaired) electrons. The van der Waals surface area contributed by atoms with Crippen LogP contribution in [0.3, 0.4) is 0 Å². The van der Waals surface area contributed by atoms with E-state index in [-0.39, 0.29) is 16.8 Å². The molecule has 0 aliphatic carbocycles. The fourth-order valence-corrected chi connectivity index (χ4v) is 2.53. The van der Waals surface area contributed by atoms with Crippen LogP contribution in [0.15, 0.2) is 54.9 Å². The van der Waals surface area contributed by atoms with E-state index < -0.39 is 11.9 Å². The van der Waals surface area contributed by atoms with Gasteiger partial charge in [0.1, 0.15) is 16.7 Å². The van der Waals surface area contributed by atoms with Crippen molar-refractivity contribution in [3.05, 3.63) is 76.4 Å². The number of aromatic nitrogens is 2. The Morgan fingerprint density at radius 2 is 1.83 bits per heavy atom. The first-order valence-electron chi connectivity index (χ1n) is 8.54. The molecule has 0 bridgehead atoms. The van der Waals surface area contributed by atoms with Crippen LogP contribution in [0.4, 0.5) is 4.39 Å². The molecule has 150 valence electrons. The molecule has 1 amide bonds. The average Bonchev–Trinajstić information content (AvgIpc) is 2.70. The van der Waals surface area contributed by atoms with Gasteiger partial charge in [-0.15, -0.1) is 0 Å². The van der Waals surface area contributed by atoms with Crippen LogP contribution in [-0.4, -0.2) is 22.0 Å². The van der Waals surface area contributed by atoms with Crippen molar-refractivity contribution in [2.24, 2.45) is 0 Å². The summed E-state index contributed by atoms with van der Waals surface area (Å²) in [5.41, 5.74) is 0.819. The molecule has 0 saturated heterocycles. The van der Waals surface area contributed by atoms with Crippen LogP contribution < -0.4 is 14.8 Å². The van der Waals surface area contributed by atoms with Gasteiger partial charge in [0.2, 0.25) is 0 Å². The van der Waals surface area contributed by atoms with Gasteiger partial charge in [-0.25, -0.2) is 14.4 Å². The number of benzene rings is 1. The molecular formula is C20H16Cl2FN3O3.